The predicted molar refractivity (Wildman–Crippen MR) is 48.5 cm³/mol. The Bertz CT molecular complexity index is 64.3. The van der Waals surface area contributed by atoms with E-state index in [0.29, 0.717) is 0 Å². The second-order valence-electron chi connectivity index (χ2n) is 2.47. The summed E-state index contributed by atoms with van der Waals surface area (Å²) in [5.41, 5.74) is 0. The minimum Gasteiger partial charge on any atom is -0.367 e. The van der Waals surface area contributed by atoms with Gasteiger partial charge >= 0.3 is 0 Å². The fourth-order valence-corrected chi connectivity index (χ4v) is 0.961. The van der Waals surface area contributed by atoms with Gasteiger partial charge in [-0.1, -0.05) is 42.1 Å². The van der Waals surface area contributed by atoms with Crippen LogP contribution in [-0.4, -0.2) is 11.6 Å². The average Bonchev–Trinajstić information content (AvgIpc) is 1.87. The Morgan fingerprint density at radius 3 is 2.50 bits per heavy atom. The summed E-state index contributed by atoms with van der Waals surface area (Å²) in [4.78, 5) is 0. The molecule has 0 heterocycles. The summed E-state index contributed by atoms with van der Waals surface area (Å²) in [5.74, 6) is 0. The molecule has 0 amide bonds. The SMILES string of the molecule is CCCCCCOC(C)Br. The molecule has 0 bridgehead atoms. The lowest BCUT2D eigenvalue weighted by Crippen LogP contribution is -2.00. The van der Waals surface area contributed by atoms with Gasteiger partial charge in [0.05, 0.1) is 0 Å². The highest BCUT2D eigenvalue weighted by Gasteiger charge is 1.93. The molecule has 1 nitrogen and oxygen atoms in total. The van der Waals surface area contributed by atoms with Gasteiger partial charge in [0.2, 0.25) is 0 Å². The lowest BCUT2D eigenvalue weighted by molar-refractivity contribution is 0.124. The van der Waals surface area contributed by atoms with Crippen molar-refractivity contribution in [2.75, 3.05) is 6.61 Å². The molecule has 0 saturated heterocycles. The highest BCUT2D eigenvalue weighted by atomic mass is 79.9. The van der Waals surface area contributed by atoms with E-state index in [9.17, 15) is 0 Å². The van der Waals surface area contributed by atoms with E-state index >= 15 is 0 Å². The number of hydrogen-bond acceptors (Lipinski definition) is 1. The van der Waals surface area contributed by atoms with Gasteiger partial charge in [-0.3, -0.25) is 0 Å². The predicted octanol–water partition coefficient (Wildman–Crippen LogP) is 3.32. The summed E-state index contributed by atoms with van der Waals surface area (Å²) in [5, 5.41) is 0.217. The number of unbranched alkanes of at least 4 members (excludes halogenated alkanes) is 3. The molecule has 2 heteroatoms. The van der Waals surface area contributed by atoms with Crippen molar-refractivity contribution in [3.8, 4) is 0 Å². The Kier molecular flexibility index (Phi) is 7.88. The van der Waals surface area contributed by atoms with Gasteiger partial charge in [-0.25, -0.2) is 0 Å². The van der Waals surface area contributed by atoms with Crippen LogP contribution in [0.4, 0.5) is 0 Å². The van der Waals surface area contributed by atoms with Crippen LogP contribution >= 0.6 is 15.9 Å². The van der Waals surface area contributed by atoms with Crippen LogP contribution in [0.15, 0.2) is 0 Å². The molecular formula is C8H17BrO. The summed E-state index contributed by atoms with van der Waals surface area (Å²) in [6.45, 7) is 5.11. The van der Waals surface area contributed by atoms with Crippen molar-refractivity contribution in [2.45, 2.75) is 44.5 Å². The largest absolute Gasteiger partial charge is 0.367 e. The van der Waals surface area contributed by atoms with E-state index in [4.69, 9.17) is 4.74 Å². The smallest absolute Gasteiger partial charge is 0.109 e. The number of rotatable bonds is 6. The summed E-state index contributed by atoms with van der Waals surface area (Å²) >= 11 is 3.32. The minimum atomic E-state index is 0.217. The lowest BCUT2D eigenvalue weighted by atomic mass is 10.2. The van der Waals surface area contributed by atoms with Crippen LogP contribution in [0, 0.1) is 0 Å². The van der Waals surface area contributed by atoms with Gasteiger partial charge in [0.1, 0.15) is 5.01 Å². The Morgan fingerprint density at radius 2 is 2.00 bits per heavy atom. The van der Waals surface area contributed by atoms with Crippen molar-refractivity contribution in [1.29, 1.82) is 0 Å². The molecule has 1 unspecified atom stereocenters. The maximum Gasteiger partial charge on any atom is 0.109 e. The van der Waals surface area contributed by atoms with Crippen LogP contribution in [0.25, 0.3) is 0 Å². The normalized spacial score (nSPS) is 13.5. The summed E-state index contributed by atoms with van der Waals surface area (Å²) in [6.07, 6.45) is 5.13. The van der Waals surface area contributed by atoms with Crippen molar-refractivity contribution in [3.05, 3.63) is 0 Å². The second kappa shape index (κ2) is 7.55. The molecule has 1 atom stereocenters. The van der Waals surface area contributed by atoms with Gasteiger partial charge in [-0.2, -0.15) is 0 Å². The van der Waals surface area contributed by atoms with E-state index in [1.165, 1.54) is 25.7 Å². The van der Waals surface area contributed by atoms with Gasteiger partial charge in [-0.15, -0.1) is 0 Å². The maximum absolute atomic E-state index is 5.31. The quantitative estimate of drug-likeness (QED) is 0.481. The highest BCUT2D eigenvalue weighted by molar-refractivity contribution is 9.09. The molecule has 0 aromatic carbocycles. The molecule has 0 aliphatic rings. The first kappa shape index (κ1) is 10.4. The van der Waals surface area contributed by atoms with Crippen molar-refractivity contribution in [2.24, 2.45) is 0 Å². The fourth-order valence-electron chi connectivity index (χ4n) is 0.775. The third kappa shape index (κ3) is 8.44. The number of halogens is 1. The van der Waals surface area contributed by atoms with Gasteiger partial charge in [0.15, 0.2) is 0 Å². The van der Waals surface area contributed by atoms with Crippen molar-refractivity contribution < 1.29 is 4.74 Å². The van der Waals surface area contributed by atoms with Gasteiger partial charge in [0, 0.05) is 6.61 Å². The highest BCUT2D eigenvalue weighted by Crippen LogP contribution is 2.03. The van der Waals surface area contributed by atoms with Crippen LogP contribution < -0.4 is 0 Å². The van der Waals surface area contributed by atoms with E-state index < -0.39 is 0 Å². The first-order valence-electron chi connectivity index (χ1n) is 4.03. The Labute approximate surface area is 72.3 Å². The van der Waals surface area contributed by atoms with Gasteiger partial charge in [0.25, 0.3) is 0 Å². The van der Waals surface area contributed by atoms with Crippen molar-refractivity contribution >= 4 is 15.9 Å². The third-order valence-corrected chi connectivity index (χ3v) is 1.61. The first-order chi connectivity index (χ1) is 4.77. The van der Waals surface area contributed by atoms with E-state index in [2.05, 4.69) is 22.9 Å². The van der Waals surface area contributed by atoms with Crippen molar-refractivity contribution in [1.82, 2.24) is 0 Å². The second-order valence-corrected chi connectivity index (χ2v) is 3.76. The standard InChI is InChI=1S/C8H17BrO/c1-3-4-5-6-7-10-8(2)9/h8H,3-7H2,1-2H3. The minimum absolute atomic E-state index is 0.217. The van der Waals surface area contributed by atoms with E-state index in [0.717, 1.165) is 6.61 Å². The Morgan fingerprint density at radius 1 is 1.30 bits per heavy atom. The molecule has 0 saturated carbocycles. The third-order valence-electron chi connectivity index (χ3n) is 1.35. The monoisotopic (exact) mass is 208 g/mol. The molecular weight excluding hydrogens is 192 g/mol. The molecule has 0 rings (SSSR count). The molecule has 0 aromatic heterocycles. The Balaban J connectivity index is 2.77. The van der Waals surface area contributed by atoms with Crippen LogP contribution in [0.3, 0.4) is 0 Å². The fraction of sp³-hybridized carbons (Fsp3) is 1.00. The number of hydrogen-bond donors (Lipinski definition) is 0. The number of ether oxygens (including phenoxy) is 1. The van der Waals surface area contributed by atoms with Crippen LogP contribution in [0.5, 0.6) is 0 Å². The zero-order valence-corrected chi connectivity index (χ0v) is 8.49. The molecule has 0 radical (unpaired) electrons. The average molecular weight is 209 g/mol. The molecule has 10 heavy (non-hydrogen) atoms. The van der Waals surface area contributed by atoms with Crippen molar-refractivity contribution in [3.63, 3.8) is 0 Å². The van der Waals surface area contributed by atoms with Crippen LogP contribution in [0.1, 0.15) is 39.5 Å². The maximum atomic E-state index is 5.31. The number of alkyl halides is 1. The molecule has 0 N–H and O–H groups in total. The summed E-state index contributed by atoms with van der Waals surface area (Å²) in [7, 11) is 0. The molecule has 0 aliphatic carbocycles. The zero-order valence-electron chi connectivity index (χ0n) is 6.90. The summed E-state index contributed by atoms with van der Waals surface area (Å²) < 4.78 is 5.31. The van der Waals surface area contributed by atoms with Gasteiger partial charge < -0.3 is 4.74 Å². The zero-order chi connectivity index (χ0) is 7.82. The van der Waals surface area contributed by atoms with E-state index in [1.54, 1.807) is 0 Å². The van der Waals surface area contributed by atoms with Crippen LogP contribution in [-0.2, 0) is 4.74 Å². The summed E-state index contributed by atoms with van der Waals surface area (Å²) in [6, 6.07) is 0. The van der Waals surface area contributed by atoms with Gasteiger partial charge in [-0.05, 0) is 13.3 Å². The van der Waals surface area contributed by atoms with E-state index in [-0.39, 0.29) is 5.01 Å². The molecule has 0 aromatic rings. The van der Waals surface area contributed by atoms with Crippen LogP contribution in [0.2, 0.25) is 0 Å². The molecule has 0 aliphatic heterocycles. The first-order valence-corrected chi connectivity index (χ1v) is 4.94. The molecule has 0 spiro atoms. The Hall–Kier alpha value is 0.440. The molecule has 0 fully saturated rings. The lowest BCUT2D eigenvalue weighted by Gasteiger charge is -2.04. The molecule has 62 valence electrons. The van der Waals surface area contributed by atoms with E-state index in [1.807, 2.05) is 6.92 Å². The topological polar surface area (TPSA) is 9.23 Å².